The number of alkyl halides is 3. The highest BCUT2D eigenvalue weighted by molar-refractivity contribution is 9.13. The van der Waals surface area contributed by atoms with Crippen LogP contribution in [0.3, 0.4) is 0 Å². The zero-order valence-corrected chi connectivity index (χ0v) is 10.8. The average Bonchev–Trinajstić information content (AvgIpc) is 2.22. The van der Waals surface area contributed by atoms with Crippen LogP contribution in [-0.2, 0) is 6.18 Å². The maximum atomic E-state index is 12.5. The van der Waals surface area contributed by atoms with Crippen molar-refractivity contribution >= 4 is 42.8 Å². The summed E-state index contributed by atoms with van der Waals surface area (Å²) in [5.41, 5.74) is -0.163. The van der Waals surface area contributed by atoms with Crippen LogP contribution in [0, 0.1) is 0 Å². The second-order valence-corrected chi connectivity index (χ2v) is 4.80. The fraction of sp³-hybridized carbons (Fsp3) is 0.100. The summed E-state index contributed by atoms with van der Waals surface area (Å²) in [6.45, 7) is 0. The molecule has 2 aromatic rings. The van der Waals surface area contributed by atoms with Crippen molar-refractivity contribution < 1.29 is 13.2 Å². The van der Waals surface area contributed by atoms with Crippen LogP contribution in [0.1, 0.15) is 5.56 Å². The highest BCUT2D eigenvalue weighted by atomic mass is 79.9. The molecule has 0 saturated carbocycles. The Morgan fingerprint density at radius 1 is 1.12 bits per heavy atom. The summed E-state index contributed by atoms with van der Waals surface area (Å²) >= 11 is 6.43. The Morgan fingerprint density at radius 2 is 1.81 bits per heavy atom. The fourth-order valence-electron chi connectivity index (χ4n) is 1.31. The van der Waals surface area contributed by atoms with E-state index in [1.165, 1.54) is 6.07 Å². The van der Waals surface area contributed by atoms with Gasteiger partial charge in [-0.15, -0.1) is 0 Å². The van der Waals surface area contributed by atoms with Gasteiger partial charge in [0, 0.05) is 16.1 Å². The second kappa shape index (κ2) is 4.00. The Kier molecular flexibility index (Phi) is 2.96. The van der Waals surface area contributed by atoms with E-state index in [1.807, 2.05) is 0 Å². The quantitative estimate of drug-likeness (QED) is 0.663. The average molecular weight is 355 g/mol. The van der Waals surface area contributed by atoms with Crippen molar-refractivity contribution in [2.75, 3.05) is 0 Å². The molecule has 1 aromatic carbocycles. The van der Waals surface area contributed by atoms with Crippen LogP contribution < -0.4 is 0 Å². The number of halogens is 5. The summed E-state index contributed by atoms with van der Waals surface area (Å²) in [4.78, 5) is 4.02. The van der Waals surface area contributed by atoms with E-state index >= 15 is 0 Å². The summed E-state index contributed by atoms with van der Waals surface area (Å²) in [5.74, 6) is 0. The minimum Gasteiger partial charge on any atom is -0.255 e. The van der Waals surface area contributed by atoms with Crippen LogP contribution in [0.2, 0.25) is 0 Å². The Bertz CT molecular complexity index is 551. The van der Waals surface area contributed by atoms with Crippen LogP contribution in [-0.4, -0.2) is 4.98 Å². The van der Waals surface area contributed by atoms with Crippen molar-refractivity contribution in [3.63, 3.8) is 0 Å². The summed E-state index contributed by atoms with van der Waals surface area (Å²) in [6, 6.07) is 3.46. The van der Waals surface area contributed by atoms with Gasteiger partial charge in [-0.3, -0.25) is 4.98 Å². The first-order chi connectivity index (χ1) is 7.39. The molecule has 0 aliphatic carbocycles. The third-order valence-electron chi connectivity index (χ3n) is 2.09. The van der Waals surface area contributed by atoms with Crippen molar-refractivity contribution in [2.45, 2.75) is 6.18 Å². The Hall–Kier alpha value is -0.620. The summed E-state index contributed by atoms with van der Waals surface area (Å²) in [6.07, 6.45) is -2.80. The Morgan fingerprint density at radius 3 is 2.44 bits per heavy atom. The largest absolute Gasteiger partial charge is 0.416 e. The number of benzene rings is 1. The van der Waals surface area contributed by atoms with Crippen LogP contribution >= 0.6 is 31.9 Å². The van der Waals surface area contributed by atoms with E-state index in [2.05, 4.69) is 36.8 Å². The fourth-order valence-corrected chi connectivity index (χ4v) is 2.05. The molecule has 0 radical (unpaired) electrons. The van der Waals surface area contributed by atoms with Gasteiger partial charge in [0.2, 0.25) is 0 Å². The molecule has 0 aliphatic rings. The number of pyridine rings is 1. The van der Waals surface area contributed by atoms with Gasteiger partial charge < -0.3 is 0 Å². The van der Waals surface area contributed by atoms with Crippen LogP contribution in [0.5, 0.6) is 0 Å². The molecule has 0 saturated heterocycles. The first-order valence-corrected chi connectivity index (χ1v) is 5.79. The molecular formula is C10H4Br2F3N. The lowest BCUT2D eigenvalue weighted by Crippen LogP contribution is -2.04. The number of hydrogen-bond donors (Lipinski definition) is 0. The van der Waals surface area contributed by atoms with E-state index < -0.39 is 11.7 Å². The molecule has 0 unspecified atom stereocenters. The minimum atomic E-state index is -4.34. The highest BCUT2D eigenvalue weighted by Gasteiger charge is 2.30. The second-order valence-electron chi connectivity index (χ2n) is 3.15. The van der Waals surface area contributed by atoms with Crippen molar-refractivity contribution in [2.24, 2.45) is 0 Å². The smallest absolute Gasteiger partial charge is 0.255 e. The molecule has 2 rings (SSSR count). The maximum Gasteiger partial charge on any atom is 0.416 e. The normalized spacial score (nSPS) is 12.1. The molecule has 1 aromatic heterocycles. The monoisotopic (exact) mass is 353 g/mol. The lowest BCUT2D eigenvalue weighted by molar-refractivity contribution is -0.137. The van der Waals surface area contributed by atoms with Crippen LogP contribution in [0.15, 0.2) is 33.3 Å². The molecule has 0 aliphatic heterocycles. The number of hydrogen-bond acceptors (Lipinski definition) is 1. The van der Waals surface area contributed by atoms with Crippen LogP contribution in [0.4, 0.5) is 13.2 Å². The van der Waals surface area contributed by atoms with E-state index in [4.69, 9.17) is 0 Å². The number of rotatable bonds is 0. The predicted molar refractivity (Wildman–Crippen MR) is 62.1 cm³/mol. The standard InChI is InChI=1S/C10H4Br2F3N/c11-7-4-16-8-2-1-5(10(13,14)15)3-6(8)9(7)12/h1-4H. The van der Waals surface area contributed by atoms with Gasteiger partial charge in [-0.1, -0.05) is 0 Å². The van der Waals surface area contributed by atoms with Crippen LogP contribution in [0.25, 0.3) is 10.9 Å². The van der Waals surface area contributed by atoms with Crippen molar-refractivity contribution in [1.82, 2.24) is 4.98 Å². The highest BCUT2D eigenvalue weighted by Crippen LogP contribution is 2.35. The van der Waals surface area contributed by atoms with Gasteiger partial charge >= 0.3 is 6.18 Å². The predicted octanol–water partition coefficient (Wildman–Crippen LogP) is 4.78. The number of fused-ring (bicyclic) bond motifs is 1. The SMILES string of the molecule is FC(F)(F)c1ccc2ncc(Br)c(Br)c2c1. The van der Waals surface area contributed by atoms with Gasteiger partial charge in [0.05, 0.1) is 15.6 Å². The first kappa shape index (κ1) is 11.9. The van der Waals surface area contributed by atoms with Gasteiger partial charge in [-0.05, 0) is 50.1 Å². The van der Waals surface area contributed by atoms with E-state index in [1.54, 1.807) is 6.20 Å². The summed E-state index contributed by atoms with van der Waals surface area (Å²) in [7, 11) is 0. The molecule has 0 spiro atoms. The molecule has 1 heterocycles. The van der Waals surface area contributed by atoms with E-state index in [0.717, 1.165) is 12.1 Å². The molecule has 84 valence electrons. The molecule has 6 heteroatoms. The van der Waals surface area contributed by atoms with E-state index in [0.29, 0.717) is 19.8 Å². The van der Waals surface area contributed by atoms with Gasteiger partial charge in [-0.25, -0.2) is 0 Å². The van der Waals surface area contributed by atoms with Crippen molar-refractivity contribution in [3.05, 3.63) is 38.9 Å². The topological polar surface area (TPSA) is 12.9 Å². The third kappa shape index (κ3) is 2.08. The van der Waals surface area contributed by atoms with Gasteiger partial charge in [0.1, 0.15) is 0 Å². The molecule has 0 amide bonds. The number of nitrogens with zero attached hydrogens (tertiary/aromatic N) is 1. The molecule has 0 atom stereocenters. The Labute approximate surface area is 106 Å². The van der Waals surface area contributed by atoms with Crippen molar-refractivity contribution in [1.29, 1.82) is 0 Å². The summed E-state index contributed by atoms with van der Waals surface area (Å²) < 4.78 is 38.7. The minimum absolute atomic E-state index is 0.434. The third-order valence-corrected chi connectivity index (χ3v) is 4.07. The molecule has 0 N–H and O–H groups in total. The van der Waals surface area contributed by atoms with Gasteiger partial charge in [0.15, 0.2) is 0 Å². The molecule has 0 fully saturated rings. The zero-order chi connectivity index (χ0) is 11.9. The van der Waals surface area contributed by atoms with Gasteiger partial charge in [0.25, 0.3) is 0 Å². The first-order valence-electron chi connectivity index (χ1n) is 4.20. The molecular weight excluding hydrogens is 351 g/mol. The Balaban J connectivity index is 2.74. The molecule has 16 heavy (non-hydrogen) atoms. The van der Waals surface area contributed by atoms with E-state index in [-0.39, 0.29) is 0 Å². The lowest BCUT2D eigenvalue weighted by Gasteiger charge is -2.08. The molecule has 1 nitrogen and oxygen atoms in total. The lowest BCUT2D eigenvalue weighted by atomic mass is 10.1. The summed E-state index contributed by atoms with van der Waals surface area (Å²) in [5, 5.41) is 0.434. The van der Waals surface area contributed by atoms with Gasteiger partial charge in [-0.2, -0.15) is 13.2 Å². The maximum absolute atomic E-state index is 12.5. The van der Waals surface area contributed by atoms with E-state index in [9.17, 15) is 13.2 Å². The number of aromatic nitrogens is 1. The zero-order valence-electron chi connectivity index (χ0n) is 7.65. The molecule has 0 bridgehead atoms. The van der Waals surface area contributed by atoms with Crippen molar-refractivity contribution in [3.8, 4) is 0 Å².